The van der Waals surface area contributed by atoms with Crippen molar-refractivity contribution in [3.05, 3.63) is 35.4 Å². The Labute approximate surface area is 131 Å². The van der Waals surface area contributed by atoms with Crippen LogP contribution in [0.3, 0.4) is 0 Å². The van der Waals surface area contributed by atoms with Crippen molar-refractivity contribution in [2.45, 2.75) is 52.2 Å². The minimum Gasteiger partial charge on any atom is -0.352 e. The molecule has 5 heteroatoms. The van der Waals surface area contributed by atoms with Crippen molar-refractivity contribution in [1.29, 1.82) is 0 Å². The van der Waals surface area contributed by atoms with E-state index < -0.39 is 6.03 Å². The molecular weight excluding hydrogens is 278 g/mol. The van der Waals surface area contributed by atoms with Gasteiger partial charge in [0.2, 0.25) is 0 Å². The van der Waals surface area contributed by atoms with Crippen molar-refractivity contribution < 1.29 is 9.59 Å². The summed E-state index contributed by atoms with van der Waals surface area (Å²) in [6.07, 6.45) is 2.20. The molecule has 0 saturated heterocycles. The fourth-order valence-corrected chi connectivity index (χ4v) is 2.46. The molecule has 2 rings (SSSR count). The Bertz CT molecular complexity index is 535. The highest BCUT2D eigenvalue weighted by Crippen LogP contribution is 2.32. The number of hydrogen-bond donors (Lipinski definition) is 2. The van der Waals surface area contributed by atoms with Crippen molar-refractivity contribution in [3.63, 3.8) is 0 Å². The quantitative estimate of drug-likeness (QED) is 0.847. The van der Waals surface area contributed by atoms with Gasteiger partial charge >= 0.3 is 6.03 Å². The molecule has 0 heterocycles. The van der Waals surface area contributed by atoms with Crippen molar-refractivity contribution >= 4 is 11.9 Å². The standard InChI is InChI=1S/C17H25N3O2/c1-11(2)12(3)20(15-8-9-15)16(21)14-6-4-13(5-7-14)10-19-17(18)22/h4-7,11-12,15H,8-10H2,1-3H3,(H3,18,19,22)/t12-/m0/s1. The third kappa shape index (κ3) is 4.00. The number of urea groups is 1. The molecule has 22 heavy (non-hydrogen) atoms. The van der Waals surface area contributed by atoms with Gasteiger partial charge in [-0.15, -0.1) is 0 Å². The molecule has 0 aromatic heterocycles. The first-order valence-corrected chi connectivity index (χ1v) is 7.85. The number of nitrogens with one attached hydrogen (secondary N) is 1. The lowest BCUT2D eigenvalue weighted by Gasteiger charge is -2.32. The number of rotatable bonds is 6. The molecule has 0 aliphatic heterocycles. The van der Waals surface area contributed by atoms with Gasteiger partial charge in [-0.2, -0.15) is 0 Å². The predicted octanol–water partition coefficient (Wildman–Crippen LogP) is 2.50. The first kappa shape index (κ1) is 16.3. The van der Waals surface area contributed by atoms with Crippen LogP contribution < -0.4 is 11.1 Å². The Kier molecular flexibility index (Phi) is 5.06. The van der Waals surface area contributed by atoms with E-state index in [1.807, 2.05) is 29.2 Å². The highest BCUT2D eigenvalue weighted by molar-refractivity contribution is 5.94. The van der Waals surface area contributed by atoms with E-state index in [4.69, 9.17) is 5.73 Å². The van der Waals surface area contributed by atoms with Crippen molar-refractivity contribution in [3.8, 4) is 0 Å². The summed E-state index contributed by atoms with van der Waals surface area (Å²) < 4.78 is 0. The molecule has 1 aromatic carbocycles. The molecule has 0 radical (unpaired) electrons. The maximum absolute atomic E-state index is 12.8. The number of benzene rings is 1. The Hall–Kier alpha value is -2.04. The van der Waals surface area contributed by atoms with Gasteiger partial charge in [0.25, 0.3) is 5.91 Å². The lowest BCUT2D eigenvalue weighted by atomic mass is 10.0. The third-order valence-electron chi connectivity index (χ3n) is 4.25. The maximum atomic E-state index is 12.8. The number of hydrogen-bond acceptors (Lipinski definition) is 2. The first-order valence-electron chi connectivity index (χ1n) is 7.85. The van der Waals surface area contributed by atoms with E-state index in [0.29, 0.717) is 24.1 Å². The van der Waals surface area contributed by atoms with Crippen LogP contribution in [0, 0.1) is 5.92 Å². The van der Waals surface area contributed by atoms with Gasteiger partial charge < -0.3 is 16.0 Å². The van der Waals surface area contributed by atoms with Crippen molar-refractivity contribution in [2.24, 2.45) is 11.7 Å². The van der Waals surface area contributed by atoms with Crippen LogP contribution in [-0.2, 0) is 6.54 Å². The molecule has 1 aliphatic rings. The van der Waals surface area contributed by atoms with Gasteiger partial charge in [0.15, 0.2) is 0 Å². The largest absolute Gasteiger partial charge is 0.352 e. The van der Waals surface area contributed by atoms with Gasteiger partial charge in [0.1, 0.15) is 0 Å². The van der Waals surface area contributed by atoms with Gasteiger partial charge in [0.05, 0.1) is 0 Å². The molecule has 120 valence electrons. The second-order valence-electron chi connectivity index (χ2n) is 6.34. The lowest BCUT2D eigenvalue weighted by molar-refractivity contribution is 0.0628. The van der Waals surface area contributed by atoms with Gasteiger partial charge in [-0.05, 0) is 43.4 Å². The lowest BCUT2D eigenvalue weighted by Crippen LogP contribution is -2.43. The average molecular weight is 303 g/mol. The summed E-state index contributed by atoms with van der Waals surface area (Å²) in [7, 11) is 0. The van der Waals surface area contributed by atoms with E-state index in [0.717, 1.165) is 18.4 Å². The van der Waals surface area contributed by atoms with Crippen LogP contribution in [0.1, 0.15) is 49.5 Å². The van der Waals surface area contributed by atoms with Crippen LogP contribution in [-0.4, -0.2) is 28.9 Å². The molecule has 0 spiro atoms. The number of nitrogens with two attached hydrogens (primary N) is 1. The molecule has 5 nitrogen and oxygen atoms in total. The van der Waals surface area contributed by atoms with Crippen LogP contribution in [0.4, 0.5) is 4.79 Å². The van der Waals surface area contributed by atoms with Crippen LogP contribution in [0.2, 0.25) is 0 Å². The Morgan fingerprint density at radius 2 is 1.82 bits per heavy atom. The Balaban J connectivity index is 2.08. The molecule has 3 amide bonds. The van der Waals surface area contributed by atoms with E-state index in [1.54, 1.807) is 0 Å². The van der Waals surface area contributed by atoms with Crippen LogP contribution >= 0.6 is 0 Å². The zero-order valence-electron chi connectivity index (χ0n) is 13.5. The van der Waals surface area contributed by atoms with Gasteiger partial charge in [-0.3, -0.25) is 4.79 Å². The van der Waals surface area contributed by atoms with Gasteiger partial charge in [-0.25, -0.2) is 4.79 Å². The van der Waals surface area contributed by atoms with Crippen LogP contribution in [0.25, 0.3) is 0 Å². The number of amides is 3. The molecule has 1 aliphatic carbocycles. The van der Waals surface area contributed by atoms with Crippen molar-refractivity contribution in [2.75, 3.05) is 0 Å². The second kappa shape index (κ2) is 6.81. The summed E-state index contributed by atoms with van der Waals surface area (Å²) in [5.41, 5.74) is 6.67. The maximum Gasteiger partial charge on any atom is 0.312 e. The monoisotopic (exact) mass is 303 g/mol. The zero-order valence-corrected chi connectivity index (χ0v) is 13.5. The number of primary amides is 1. The third-order valence-corrected chi connectivity index (χ3v) is 4.25. The number of carbonyl (C=O) groups is 2. The van der Waals surface area contributed by atoms with E-state index in [9.17, 15) is 9.59 Å². The minimum atomic E-state index is -0.550. The minimum absolute atomic E-state index is 0.0955. The summed E-state index contributed by atoms with van der Waals surface area (Å²) in [5, 5.41) is 2.54. The SMILES string of the molecule is CC(C)[C@H](C)N(C(=O)c1ccc(CNC(N)=O)cc1)C1CC1. The van der Waals surface area contributed by atoms with Crippen molar-refractivity contribution in [1.82, 2.24) is 10.2 Å². The molecule has 1 aromatic rings. The average Bonchev–Trinajstić information content (AvgIpc) is 3.30. The number of nitrogens with zero attached hydrogens (tertiary/aromatic N) is 1. The Morgan fingerprint density at radius 3 is 2.27 bits per heavy atom. The second-order valence-corrected chi connectivity index (χ2v) is 6.34. The normalized spacial score (nSPS) is 15.5. The summed E-state index contributed by atoms with van der Waals surface area (Å²) in [5.74, 6) is 0.529. The highest BCUT2D eigenvalue weighted by atomic mass is 16.2. The summed E-state index contributed by atoms with van der Waals surface area (Å²) in [4.78, 5) is 25.5. The number of carbonyl (C=O) groups excluding carboxylic acids is 2. The van der Waals surface area contributed by atoms with E-state index >= 15 is 0 Å². The fraction of sp³-hybridized carbons (Fsp3) is 0.529. The van der Waals surface area contributed by atoms with E-state index in [2.05, 4.69) is 26.1 Å². The van der Waals surface area contributed by atoms with Crippen LogP contribution in [0.15, 0.2) is 24.3 Å². The highest BCUT2D eigenvalue weighted by Gasteiger charge is 2.36. The molecule has 3 N–H and O–H groups in total. The van der Waals surface area contributed by atoms with E-state index in [-0.39, 0.29) is 11.9 Å². The molecule has 1 saturated carbocycles. The molecule has 0 unspecified atom stereocenters. The molecule has 1 atom stereocenters. The molecule has 1 fully saturated rings. The molecular formula is C17H25N3O2. The van der Waals surface area contributed by atoms with Gasteiger partial charge in [0, 0.05) is 24.2 Å². The first-order chi connectivity index (χ1) is 10.4. The van der Waals surface area contributed by atoms with E-state index in [1.165, 1.54) is 0 Å². The topological polar surface area (TPSA) is 75.4 Å². The Morgan fingerprint density at radius 1 is 1.23 bits per heavy atom. The smallest absolute Gasteiger partial charge is 0.312 e. The molecule has 0 bridgehead atoms. The fourth-order valence-electron chi connectivity index (χ4n) is 2.46. The predicted molar refractivity (Wildman–Crippen MR) is 86.4 cm³/mol. The van der Waals surface area contributed by atoms with Gasteiger partial charge in [-0.1, -0.05) is 26.0 Å². The van der Waals surface area contributed by atoms with Crippen LogP contribution in [0.5, 0.6) is 0 Å². The summed E-state index contributed by atoms with van der Waals surface area (Å²) in [6.45, 7) is 6.78. The summed E-state index contributed by atoms with van der Waals surface area (Å²) in [6, 6.07) is 7.43. The zero-order chi connectivity index (χ0) is 16.3. The summed E-state index contributed by atoms with van der Waals surface area (Å²) >= 11 is 0.